The first kappa shape index (κ1) is 23.6. The zero-order chi connectivity index (χ0) is 24.9. The normalized spacial score (nSPS) is 17.0. The Bertz CT molecular complexity index is 1550. The number of esters is 1. The summed E-state index contributed by atoms with van der Waals surface area (Å²) in [6.45, 7) is 6.18. The van der Waals surface area contributed by atoms with Crippen molar-refractivity contribution in [3.05, 3.63) is 88.5 Å². The molecule has 1 aromatic heterocycles. The van der Waals surface area contributed by atoms with Gasteiger partial charge >= 0.3 is 5.97 Å². The van der Waals surface area contributed by atoms with E-state index in [9.17, 15) is 9.59 Å². The topological polar surface area (TPSA) is 79.1 Å². The van der Waals surface area contributed by atoms with Gasteiger partial charge in [-0.2, -0.15) is 0 Å². The molecule has 3 heterocycles. The minimum atomic E-state index is -0.637. The number of aromatic nitrogens is 1. The fraction of sp³-hybridized carbons (Fsp3) is 0.269. The highest BCUT2D eigenvalue weighted by atomic mass is 79.9. The van der Waals surface area contributed by atoms with E-state index in [1.54, 1.807) is 17.6 Å². The van der Waals surface area contributed by atoms with E-state index in [2.05, 4.69) is 34.8 Å². The van der Waals surface area contributed by atoms with Gasteiger partial charge in [0, 0.05) is 4.47 Å². The third-order valence-electron chi connectivity index (χ3n) is 6.12. The molecule has 0 saturated heterocycles. The number of carbonyl (C=O) groups excluding carboxylic acids is 1. The lowest BCUT2D eigenvalue weighted by atomic mass is 9.93. The molecule has 9 heteroatoms. The highest BCUT2D eigenvalue weighted by Crippen LogP contribution is 2.37. The predicted molar refractivity (Wildman–Crippen MR) is 137 cm³/mol. The van der Waals surface area contributed by atoms with Crippen LogP contribution in [0.3, 0.4) is 0 Å². The van der Waals surface area contributed by atoms with E-state index in [4.69, 9.17) is 14.2 Å². The van der Waals surface area contributed by atoms with Gasteiger partial charge in [0.1, 0.15) is 0 Å². The Morgan fingerprint density at radius 1 is 1.23 bits per heavy atom. The monoisotopic (exact) mass is 554 g/mol. The minimum Gasteiger partial charge on any atom is -0.466 e. The van der Waals surface area contributed by atoms with Gasteiger partial charge in [-0.25, -0.2) is 9.79 Å². The number of halogens is 1. The smallest absolute Gasteiger partial charge is 0.338 e. The van der Waals surface area contributed by atoms with Crippen LogP contribution in [0.1, 0.15) is 49.4 Å². The summed E-state index contributed by atoms with van der Waals surface area (Å²) in [6, 6.07) is 11.0. The Morgan fingerprint density at radius 2 is 1.91 bits per heavy atom. The van der Waals surface area contributed by atoms with E-state index < -0.39 is 12.0 Å². The number of hydrogen-bond acceptors (Lipinski definition) is 7. The van der Waals surface area contributed by atoms with Crippen LogP contribution < -0.4 is 24.4 Å². The summed E-state index contributed by atoms with van der Waals surface area (Å²) in [4.78, 5) is 31.7. The largest absolute Gasteiger partial charge is 0.466 e. The van der Waals surface area contributed by atoms with Gasteiger partial charge in [-0.15, -0.1) is 0 Å². The molecule has 1 atom stereocenters. The van der Waals surface area contributed by atoms with E-state index in [0.29, 0.717) is 38.0 Å². The number of benzene rings is 2. The Kier molecular flexibility index (Phi) is 6.14. The molecule has 0 bridgehead atoms. The Hall–Kier alpha value is -3.17. The molecule has 7 nitrogen and oxygen atoms in total. The number of hydrogen-bond donors (Lipinski definition) is 0. The van der Waals surface area contributed by atoms with Crippen molar-refractivity contribution in [2.45, 2.75) is 32.7 Å². The number of ether oxygens (including phenoxy) is 3. The number of nitrogens with zero attached hydrogens (tertiary/aromatic N) is 2. The van der Waals surface area contributed by atoms with Gasteiger partial charge in [-0.3, -0.25) is 9.36 Å². The van der Waals surface area contributed by atoms with Crippen LogP contribution in [-0.4, -0.2) is 24.4 Å². The number of rotatable bonds is 4. The molecule has 35 heavy (non-hydrogen) atoms. The molecule has 2 aromatic carbocycles. The third kappa shape index (κ3) is 4.12. The Labute approximate surface area is 214 Å². The maximum Gasteiger partial charge on any atom is 0.338 e. The summed E-state index contributed by atoms with van der Waals surface area (Å²) in [5.74, 6) is 1.14. The number of fused-ring (bicyclic) bond motifs is 2. The summed E-state index contributed by atoms with van der Waals surface area (Å²) in [5.41, 5.74) is 3.43. The van der Waals surface area contributed by atoms with E-state index in [1.807, 2.05) is 36.4 Å². The molecule has 3 aromatic rings. The highest BCUT2D eigenvalue weighted by molar-refractivity contribution is 9.10. The lowest BCUT2D eigenvalue weighted by Gasteiger charge is -2.24. The van der Waals surface area contributed by atoms with E-state index in [1.165, 1.54) is 24.0 Å². The second kappa shape index (κ2) is 9.13. The summed E-state index contributed by atoms with van der Waals surface area (Å²) in [6.07, 6.45) is 1.80. The second-order valence-electron chi connectivity index (χ2n) is 8.62. The quantitative estimate of drug-likeness (QED) is 0.455. The van der Waals surface area contributed by atoms with Crippen LogP contribution in [0.5, 0.6) is 11.5 Å². The van der Waals surface area contributed by atoms with Crippen LogP contribution in [0.2, 0.25) is 0 Å². The van der Waals surface area contributed by atoms with Gasteiger partial charge in [0.2, 0.25) is 6.79 Å². The number of carbonyl (C=O) groups is 1. The number of methoxy groups -OCH3 is 1. The van der Waals surface area contributed by atoms with E-state index in [0.717, 1.165) is 15.6 Å². The maximum absolute atomic E-state index is 13.7. The first-order chi connectivity index (χ1) is 16.8. The summed E-state index contributed by atoms with van der Waals surface area (Å²) >= 11 is 4.83. The molecule has 0 fully saturated rings. The van der Waals surface area contributed by atoms with Crippen molar-refractivity contribution in [3.63, 3.8) is 0 Å². The van der Waals surface area contributed by atoms with Crippen molar-refractivity contribution in [1.29, 1.82) is 0 Å². The lowest BCUT2D eigenvalue weighted by Crippen LogP contribution is -2.39. The van der Waals surface area contributed by atoms with Gasteiger partial charge in [-0.1, -0.05) is 65.4 Å². The predicted octanol–water partition coefficient (Wildman–Crippen LogP) is 4.02. The van der Waals surface area contributed by atoms with E-state index in [-0.39, 0.29) is 12.4 Å². The Balaban J connectivity index is 1.70. The molecule has 2 aliphatic heterocycles. The molecular weight excluding hydrogens is 532 g/mol. The van der Waals surface area contributed by atoms with Crippen LogP contribution in [0.15, 0.2) is 61.9 Å². The second-order valence-corrected chi connectivity index (χ2v) is 10.5. The molecular formula is C26H23BrN2O5S. The average molecular weight is 555 g/mol. The summed E-state index contributed by atoms with van der Waals surface area (Å²) in [5, 5.41) is 0. The number of thiazole rings is 1. The van der Waals surface area contributed by atoms with Crippen molar-refractivity contribution in [1.82, 2.24) is 4.57 Å². The molecule has 5 rings (SSSR count). The Morgan fingerprint density at radius 3 is 2.57 bits per heavy atom. The van der Waals surface area contributed by atoms with Crippen LogP contribution in [-0.2, 0) is 9.53 Å². The molecule has 2 aliphatic rings. The molecule has 0 saturated carbocycles. The van der Waals surface area contributed by atoms with Crippen molar-refractivity contribution < 1.29 is 19.0 Å². The van der Waals surface area contributed by atoms with Gasteiger partial charge in [0.15, 0.2) is 16.3 Å². The average Bonchev–Trinajstić information content (AvgIpc) is 3.41. The van der Waals surface area contributed by atoms with Crippen LogP contribution in [0.4, 0.5) is 0 Å². The van der Waals surface area contributed by atoms with Crippen LogP contribution >= 0.6 is 27.3 Å². The first-order valence-corrected chi connectivity index (χ1v) is 12.7. The van der Waals surface area contributed by atoms with Crippen LogP contribution in [0, 0.1) is 0 Å². The van der Waals surface area contributed by atoms with Crippen molar-refractivity contribution in [2.24, 2.45) is 4.99 Å². The number of allylic oxidation sites excluding steroid dienone is 1. The first-order valence-electron chi connectivity index (χ1n) is 11.1. The maximum atomic E-state index is 13.7. The fourth-order valence-corrected chi connectivity index (χ4v) is 5.73. The standard InChI is InChI=1S/C26H23BrN2O5S/c1-13(2)15-5-7-16(8-6-15)23-22(25(31)32-4)14(3)28-26-29(23)24(30)21(35-26)10-17-9-19-20(11-18(17)27)34-12-33-19/h5-11,13,23H,12H2,1-4H3/b21-10-/t23-/m0/s1. The summed E-state index contributed by atoms with van der Waals surface area (Å²) < 4.78 is 18.9. The molecule has 0 spiro atoms. The van der Waals surface area contributed by atoms with Gasteiger partial charge in [-0.05, 0) is 47.7 Å². The van der Waals surface area contributed by atoms with Crippen LogP contribution in [0.25, 0.3) is 6.08 Å². The van der Waals surface area contributed by atoms with Crippen molar-refractivity contribution >= 4 is 39.3 Å². The third-order valence-corrected chi connectivity index (χ3v) is 7.79. The SMILES string of the molecule is COC(=O)C1=C(C)N=c2s/c(=C\c3cc4c(cc3Br)OCO4)c(=O)n2[C@H]1c1ccc(C(C)C)cc1. The fourth-order valence-electron chi connectivity index (χ4n) is 4.26. The van der Waals surface area contributed by atoms with Crippen molar-refractivity contribution in [3.8, 4) is 11.5 Å². The lowest BCUT2D eigenvalue weighted by molar-refractivity contribution is -0.136. The van der Waals surface area contributed by atoms with Crippen molar-refractivity contribution in [2.75, 3.05) is 13.9 Å². The molecule has 0 unspecified atom stereocenters. The molecule has 180 valence electrons. The molecule has 0 N–H and O–H groups in total. The molecule has 0 aliphatic carbocycles. The van der Waals surface area contributed by atoms with E-state index >= 15 is 0 Å². The van der Waals surface area contributed by atoms with Gasteiger partial charge < -0.3 is 14.2 Å². The highest BCUT2D eigenvalue weighted by Gasteiger charge is 2.33. The summed E-state index contributed by atoms with van der Waals surface area (Å²) in [7, 11) is 1.34. The van der Waals surface area contributed by atoms with Gasteiger partial charge in [0.25, 0.3) is 5.56 Å². The molecule has 0 amide bonds. The zero-order valence-electron chi connectivity index (χ0n) is 19.6. The van der Waals surface area contributed by atoms with Gasteiger partial charge in [0.05, 0.1) is 29.0 Å². The zero-order valence-corrected chi connectivity index (χ0v) is 22.0. The molecule has 0 radical (unpaired) electrons. The minimum absolute atomic E-state index is 0.165.